The van der Waals surface area contributed by atoms with Crippen LogP contribution >= 0.6 is 15.9 Å². The zero-order valence-corrected chi connectivity index (χ0v) is 16.2. The maximum absolute atomic E-state index is 12.8. The van der Waals surface area contributed by atoms with Crippen molar-refractivity contribution >= 4 is 38.6 Å². The van der Waals surface area contributed by atoms with Gasteiger partial charge in [0.2, 0.25) is 5.91 Å². The smallest absolute Gasteiger partial charge is 0.268 e. The van der Waals surface area contributed by atoms with Crippen molar-refractivity contribution in [1.82, 2.24) is 15.2 Å². The van der Waals surface area contributed by atoms with Gasteiger partial charge in [-0.05, 0) is 31.0 Å². The summed E-state index contributed by atoms with van der Waals surface area (Å²) in [5.74, 6) is -0.618. The fourth-order valence-electron chi connectivity index (χ4n) is 3.64. The quantitative estimate of drug-likeness (QED) is 0.751. The van der Waals surface area contributed by atoms with E-state index in [-0.39, 0.29) is 30.3 Å². The van der Waals surface area contributed by atoms with Gasteiger partial charge in [0.25, 0.3) is 5.91 Å². The minimum atomic E-state index is -0.287. The number of amides is 2. The van der Waals surface area contributed by atoms with Gasteiger partial charge in [-0.3, -0.25) is 9.59 Å². The first-order chi connectivity index (χ1) is 12.5. The summed E-state index contributed by atoms with van der Waals surface area (Å²) in [6.45, 7) is -0.00588. The summed E-state index contributed by atoms with van der Waals surface area (Å²) in [5.41, 5.74) is 1.54. The van der Waals surface area contributed by atoms with E-state index in [1.165, 1.54) is 0 Å². The molecule has 2 aromatic rings. The van der Waals surface area contributed by atoms with E-state index in [0.29, 0.717) is 5.69 Å². The summed E-state index contributed by atoms with van der Waals surface area (Å²) >= 11 is 3.46. The second-order valence-corrected chi connectivity index (χ2v) is 7.55. The van der Waals surface area contributed by atoms with Gasteiger partial charge in [0, 0.05) is 28.5 Å². The lowest BCUT2D eigenvalue weighted by Gasteiger charge is -2.31. The molecule has 2 atom stereocenters. The molecule has 1 aromatic heterocycles. The molecule has 26 heavy (non-hydrogen) atoms. The molecule has 3 rings (SSSR count). The standard InChI is InChI=1S/C19H21BrN4O2/c1-24-16-11-13(20)7-6-12(16)10-17(24)19(26)23-15-5-3-2-4-14(15)18(25)22-9-8-21/h6-7,10-11,14-15H,2-5,9H2,1H3,(H,22,25)(H,23,26)/t14-,15+/m1/s1. The van der Waals surface area contributed by atoms with E-state index >= 15 is 0 Å². The number of nitrogens with one attached hydrogen (secondary N) is 2. The molecule has 0 unspecified atom stereocenters. The SMILES string of the molecule is Cn1c(C(=O)N[C@H]2CCCC[C@H]2C(=O)NCC#N)cc2ccc(Br)cc21. The molecule has 1 heterocycles. The second kappa shape index (κ2) is 7.92. The number of carbonyl (C=O) groups excluding carboxylic acids is 2. The summed E-state index contributed by atoms with van der Waals surface area (Å²) in [5, 5.41) is 15.3. The number of halogens is 1. The number of aryl methyl sites for hydroxylation is 1. The van der Waals surface area contributed by atoms with Crippen molar-refractivity contribution in [3.63, 3.8) is 0 Å². The van der Waals surface area contributed by atoms with Crippen LogP contribution in [0, 0.1) is 17.2 Å². The Morgan fingerprint density at radius 2 is 2.08 bits per heavy atom. The molecule has 136 valence electrons. The molecule has 2 amide bonds. The summed E-state index contributed by atoms with van der Waals surface area (Å²) in [6.07, 6.45) is 3.43. The number of benzene rings is 1. The average molecular weight is 417 g/mol. The molecule has 1 aliphatic carbocycles. The van der Waals surface area contributed by atoms with Gasteiger partial charge >= 0.3 is 0 Å². The first kappa shape index (κ1) is 18.5. The van der Waals surface area contributed by atoms with Crippen molar-refractivity contribution in [3.8, 4) is 6.07 Å². The number of nitrogens with zero attached hydrogens (tertiary/aromatic N) is 2. The number of carbonyl (C=O) groups is 2. The molecule has 0 spiro atoms. The molecule has 1 aliphatic rings. The van der Waals surface area contributed by atoms with E-state index in [2.05, 4.69) is 26.6 Å². The first-order valence-corrected chi connectivity index (χ1v) is 9.51. The van der Waals surface area contributed by atoms with Gasteiger partial charge in [0.05, 0.1) is 12.0 Å². The first-order valence-electron chi connectivity index (χ1n) is 8.71. The Morgan fingerprint density at radius 3 is 2.85 bits per heavy atom. The van der Waals surface area contributed by atoms with Gasteiger partial charge in [-0.15, -0.1) is 0 Å². The van der Waals surface area contributed by atoms with Crippen LogP contribution in [-0.4, -0.2) is 29.0 Å². The van der Waals surface area contributed by atoms with Crippen LogP contribution in [0.3, 0.4) is 0 Å². The Morgan fingerprint density at radius 1 is 1.31 bits per heavy atom. The van der Waals surface area contributed by atoms with Crippen molar-refractivity contribution in [3.05, 3.63) is 34.4 Å². The highest BCUT2D eigenvalue weighted by molar-refractivity contribution is 9.10. The van der Waals surface area contributed by atoms with Crippen molar-refractivity contribution in [2.24, 2.45) is 13.0 Å². The van der Waals surface area contributed by atoms with Gasteiger partial charge in [0.1, 0.15) is 12.2 Å². The lowest BCUT2D eigenvalue weighted by Crippen LogP contribution is -2.48. The number of fused-ring (bicyclic) bond motifs is 1. The highest BCUT2D eigenvalue weighted by Crippen LogP contribution is 2.26. The Balaban J connectivity index is 1.78. The summed E-state index contributed by atoms with van der Waals surface area (Å²) in [6, 6.07) is 9.47. The fourth-order valence-corrected chi connectivity index (χ4v) is 3.99. The maximum atomic E-state index is 12.8. The largest absolute Gasteiger partial charge is 0.347 e. The van der Waals surface area contributed by atoms with Gasteiger partial charge in [0.15, 0.2) is 0 Å². The Bertz CT molecular complexity index is 884. The van der Waals surface area contributed by atoms with Crippen LogP contribution in [0.2, 0.25) is 0 Å². The molecule has 7 heteroatoms. The minimum Gasteiger partial charge on any atom is -0.347 e. The Kier molecular flexibility index (Phi) is 5.62. The van der Waals surface area contributed by atoms with Crippen LogP contribution in [0.15, 0.2) is 28.7 Å². The van der Waals surface area contributed by atoms with Gasteiger partial charge in [-0.1, -0.05) is 34.8 Å². The van der Waals surface area contributed by atoms with Crippen LogP contribution in [0.5, 0.6) is 0 Å². The maximum Gasteiger partial charge on any atom is 0.268 e. The fraction of sp³-hybridized carbons (Fsp3) is 0.421. The molecule has 0 bridgehead atoms. The van der Waals surface area contributed by atoms with Gasteiger partial charge in [-0.25, -0.2) is 0 Å². The van der Waals surface area contributed by atoms with Crippen molar-refractivity contribution in [1.29, 1.82) is 5.26 Å². The van der Waals surface area contributed by atoms with E-state index in [0.717, 1.165) is 41.1 Å². The van der Waals surface area contributed by atoms with Crippen LogP contribution in [0.25, 0.3) is 10.9 Å². The third-order valence-electron chi connectivity index (χ3n) is 5.00. The minimum absolute atomic E-state index is 0.00588. The molecule has 0 aliphatic heterocycles. The molecule has 6 nitrogen and oxygen atoms in total. The zero-order valence-electron chi connectivity index (χ0n) is 14.6. The molecular formula is C19H21BrN4O2. The Hall–Kier alpha value is -2.33. The topological polar surface area (TPSA) is 86.9 Å². The lowest BCUT2D eigenvalue weighted by atomic mass is 9.83. The third kappa shape index (κ3) is 3.75. The number of rotatable bonds is 4. The molecule has 0 radical (unpaired) electrons. The second-order valence-electron chi connectivity index (χ2n) is 6.64. The molecular weight excluding hydrogens is 396 g/mol. The molecule has 1 aromatic carbocycles. The number of aromatic nitrogens is 1. The molecule has 1 saturated carbocycles. The Labute approximate surface area is 160 Å². The summed E-state index contributed by atoms with van der Waals surface area (Å²) in [7, 11) is 1.86. The summed E-state index contributed by atoms with van der Waals surface area (Å²) < 4.78 is 2.82. The number of nitriles is 1. The van der Waals surface area contributed by atoms with Crippen LogP contribution in [0.1, 0.15) is 36.2 Å². The van der Waals surface area contributed by atoms with E-state index in [9.17, 15) is 9.59 Å². The van der Waals surface area contributed by atoms with Crippen LogP contribution < -0.4 is 10.6 Å². The van der Waals surface area contributed by atoms with Gasteiger partial charge in [-0.2, -0.15) is 5.26 Å². The van der Waals surface area contributed by atoms with Crippen molar-refractivity contribution in [2.75, 3.05) is 6.54 Å². The van der Waals surface area contributed by atoms with E-state index in [4.69, 9.17) is 5.26 Å². The highest BCUT2D eigenvalue weighted by atomic mass is 79.9. The van der Waals surface area contributed by atoms with E-state index < -0.39 is 0 Å². The van der Waals surface area contributed by atoms with E-state index in [1.807, 2.05) is 41.9 Å². The van der Waals surface area contributed by atoms with Crippen LogP contribution in [-0.2, 0) is 11.8 Å². The normalized spacial score (nSPS) is 19.7. The van der Waals surface area contributed by atoms with Crippen LogP contribution in [0.4, 0.5) is 0 Å². The summed E-state index contributed by atoms with van der Waals surface area (Å²) in [4.78, 5) is 25.1. The predicted octanol–water partition coefficient (Wildman–Crippen LogP) is 2.87. The predicted molar refractivity (Wildman–Crippen MR) is 102 cm³/mol. The van der Waals surface area contributed by atoms with Gasteiger partial charge < -0.3 is 15.2 Å². The molecule has 1 fully saturated rings. The molecule has 0 saturated heterocycles. The van der Waals surface area contributed by atoms with Crippen molar-refractivity contribution < 1.29 is 9.59 Å². The number of hydrogen-bond acceptors (Lipinski definition) is 3. The molecule has 2 N–H and O–H groups in total. The van der Waals surface area contributed by atoms with E-state index in [1.54, 1.807) is 0 Å². The highest BCUT2D eigenvalue weighted by Gasteiger charge is 2.32. The van der Waals surface area contributed by atoms with Crippen molar-refractivity contribution in [2.45, 2.75) is 31.7 Å². The third-order valence-corrected chi connectivity index (χ3v) is 5.49. The average Bonchev–Trinajstić information content (AvgIpc) is 2.96. The monoisotopic (exact) mass is 416 g/mol. The lowest BCUT2D eigenvalue weighted by molar-refractivity contribution is -0.126. The zero-order chi connectivity index (χ0) is 18.7. The number of hydrogen-bond donors (Lipinski definition) is 2.